The van der Waals surface area contributed by atoms with Crippen LogP contribution in [0.2, 0.25) is 0 Å². The smallest absolute Gasteiger partial charge is 0.433 e. The van der Waals surface area contributed by atoms with Gasteiger partial charge >= 0.3 is 6.18 Å². The van der Waals surface area contributed by atoms with Crippen molar-refractivity contribution in [3.63, 3.8) is 0 Å². The first kappa shape index (κ1) is 12.4. The molecule has 1 saturated heterocycles. The van der Waals surface area contributed by atoms with Gasteiger partial charge in [-0.25, -0.2) is 4.99 Å². The van der Waals surface area contributed by atoms with Gasteiger partial charge in [0.25, 0.3) is 0 Å². The van der Waals surface area contributed by atoms with Crippen molar-refractivity contribution in [1.29, 1.82) is 0 Å². The first-order chi connectivity index (χ1) is 8.07. The van der Waals surface area contributed by atoms with Crippen molar-refractivity contribution >= 4 is 5.90 Å². The summed E-state index contributed by atoms with van der Waals surface area (Å²) in [6, 6.07) is 0. The van der Waals surface area contributed by atoms with Crippen LogP contribution in [0.1, 0.15) is 19.3 Å². The molecule has 0 atom stereocenters. The number of hydrogen-bond acceptors (Lipinski definition) is 3. The molecule has 2 heterocycles. The van der Waals surface area contributed by atoms with E-state index in [-0.39, 0.29) is 24.8 Å². The summed E-state index contributed by atoms with van der Waals surface area (Å²) in [5.74, 6) is 0.271. The predicted molar refractivity (Wildman–Crippen MR) is 57.7 cm³/mol. The molecule has 0 saturated carbocycles. The maximum atomic E-state index is 12.6. The summed E-state index contributed by atoms with van der Waals surface area (Å²) in [6.07, 6.45) is -1.46. The van der Waals surface area contributed by atoms with Crippen molar-refractivity contribution < 1.29 is 17.9 Å². The lowest BCUT2D eigenvalue weighted by Gasteiger charge is -2.23. The highest BCUT2D eigenvalue weighted by Crippen LogP contribution is 2.29. The highest BCUT2D eigenvalue weighted by molar-refractivity contribution is 5.80. The summed E-state index contributed by atoms with van der Waals surface area (Å²) in [7, 11) is 0. The fourth-order valence-electron chi connectivity index (χ4n) is 2.01. The molecule has 2 rings (SSSR count). The number of alkyl halides is 3. The number of nitrogens with zero attached hydrogens (tertiary/aromatic N) is 1. The second-order valence-electron chi connectivity index (χ2n) is 4.20. The number of allylic oxidation sites excluding steroid dienone is 1. The van der Waals surface area contributed by atoms with Gasteiger partial charge in [0.1, 0.15) is 5.70 Å². The van der Waals surface area contributed by atoms with Gasteiger partial charge in [0.15, 0.2) is 5.90 Å². The van der Waals surface area contributed by atoms with Crippen LogP contribution < -0.4 is 5.32 Å². The quantitative estimate of drug-likeness (QED) is 0.772. The van der Waals surface area contributed by atoms with Gasteiger partial charge in [-0.1, -0.05) is 6.08 Å². The van der Waals surface area contributed by atoms with Crippen LogP contribution in [-0.4, -0.2) is 31.8 Å². The Balaban J connectivity index is 2.15. The van der Waals surface area contributed by atoms with E-state index >= 15 is 0 Å². The minimum absolute atomic E-state index is 0.0140. The molecule has 1 N–H and O–H groups in total. The zero-order chi connectivity index (χ0) is 12.3. The number of nitrogens with one attached hydrogen (secondary N) is 1. The van der Waals surface area contributed by atoms with Crippen LogP contribution >= 0.6 is 0 Å². The van der Waals surface area contributed by atoms with E-state index in [4.69, 9.17) is 4.74 Å². The van der Waals surface area contributed by atoms with Crippen LogP contribution in [0, 0.1) is 5.92 Å². The Morgan fingerprint density at radius 1 is 1.29 bits per heavy atom. The van der Waals surface area contributed by atoms with Gasteiger partial charge in [0.05, 0.1) is 6.61 Å². The largest absolute Gasteiger partial charge is 0.480 e. The standard InChI is InChI=1S/C11H15F3N2O/c12-11(13,14)9-2-1-7-17-10(16-9)8-3-5-15-6-4-8/h2,8,15H,1,3-7H2. The Morgan fingerprint density at radius 2 is 2.00 bits per heavy atom. The molecule has 3 nitrogen and oxygen atoms in total. The topological polar surface area (TPSA) is 33.6 Å². The monoisotopic (exact) mass is 248 g/mol. The predicted octanol–water partition coefficient (Wildman–Crippen LogP) is 2.25. The van der Waals surface area contributed by atoms with Crippen molar-refractivity contribution in [2.75, 3.05) is 19.7 Å². The zero-order valence-electron chi connectivity index (χ0n) is 9.39. The lowest BCUT2D eigenvalue weighted by Crippen LogP contribution is -2.33. The van der Waals surface area contributed by atoms with Crippen LogP contribution in [0.25, 0.3) is 0 Å². The van der Waals surface area contributed by atoms with E-state index in [2.05, 4.69) is 10.3 Å². The molecule has 2 aliphatic heterocycles. The second kappa shape index (κ2) is 5.08. The molecule has 0 aromatic heterocycles. The lowest BCUT2D eigenvalue weighted by molar-refractivity contribution is -0.0926. The SMILES string of the molecule is FC(F)(F)C1=CCCOC(C2CCNCC2)=N1. The van der Waals surface area contributed by atoms with Gasteiger partial charge in [-0.05, 0) is 25.9 Å². The first-order valence-corrected chi connectivity index (χ1v) is 5.77. The highest BCUT2D eigenvalue weighted by Gasteiger charge is 2.35. The summed E-state index contributed by atoms with van der Waals surface area (Å²) in [4.78, 5) is 3.67. The molecule has 0 spiro atoms. The maximum Gasteiger partial charge on any atom is 0.433 e. The van der Waals surface area contributed by atoms with Crippen molar-refractivity contribution in [2.45, 2.75) is 25.4 Å². The number of aliphatic imine (C=N–C) groups is 1. The molecule has 96 valence electrons. The van der Waals surface area contributed by atoms with Gasteiger partial charge in [0.2, 0.25) is 0 Å². The van der Waals surface area contributed by atoms with Gasteiger partial charge in [-0.2, -0.15) is 13.2 Å². The molecule has 0 aromatic carbocycles. The minimum atomic E-state index is -4.38. The Bertz CT molecular complexity index is 330. The molecule has 0 unspecified atom stereocenters. The summed E-state index contributed by atoms with van der Waals surface area (Å²) < 4.78 is 43.2. The molecular formula is C11H15F3N2O. The van der Waals surface area contributed by atoms with Crippen LogP contribution in [0.15, 0.2) is 16.8 Å². The Morgan fingerprint density at radius 3 is 2.65 bits per heavy atom. The van der Waals surface area contributed by atoms with Gasteiger partial charge in [0, 0.05) is 12.3 Å². The fourth-order valence-corrected chi connectivity index (χ4v) is 2.01. The zero-order valence-corrected chi connectivity index (χ0v) is 9.39. The molecule has 0 amide bonds. The number of rotatable bonds is 1. The third-order valence-electron chi connectivity index (χ3n) is 2.91. The average molecular weight is 248 g/mol. The Labute approximate surface area is 97.7 Å². The molecule has 0 bridgehead atoms. The molecule has 0 aliphatic carbocycles. The van der Waals surface area contributed by atoms with Crippen LogP contribution in [0.3, 0.4) is 0 Å². The first-order valence-electron chi connectivity index (χ1n) is 5.77. The highest BCUT2D eigenvalue weighted by atomic mass is 19.4. The molecule has 6 heteroatoms. The number of halogens is 3. The average Bonchev–Trinajstić information content (AvgIpc) is 2.55. The summed E-state index contributed by atoms with van der Waals surface area (Å²) in [5.41, 5.74) is -0.816. The van der Waals surface area contributed by atoms with Crippen molar-refractivity contribution in [1.82, 2.24) is 5.32 Å². The summed E-state index contributed by atoms with van der Waals surface area (Å²) in [6.45, 7) is 1.89. The lowest BCUT2D eigenvalue weighted by atomic mass is 9.98. The third-order valence-corrected chi connectivity index (χ3v) is 2.91. The molecule has 0 radical (unpaired) electrons. The van der Waals surface area contributed by atoms with Crippen LogP contribution in [-0.2, 0) is 4.74 Å². The third kappa shape index (κ3) is 3.21. The minimum Gasteiger partial charge on any atom is -0.480 e. The molecule has 1 fully saturated rings. The van der Waals surface area contributed by atoms with Gasteiger partial charge in [-0.3, -0.25) is 0 Å². The fraction of sp³-hybridized carbons (Fsp3) is 0.727. The Hall–Kier alpha value is -1.04. The van der Waals surface area contributed by atoms with E-state index in [1.54, 1.807) is 0 Å². The van der Waals surface area contributed by atoms with E-state index < -0.39 is 11.9 Å². The van der Waals surface area contributed by atoms with Crippen LogP contribution in [0.4, 0.5) is 13.2 Å². The van der Waals surface area contributed by atoms with Crippen molar-refractivity contribution in [2.24, 2.45) is 10.9 Å². The summed E-state index contributed by atoms with van der Waals surface area (Å²) >= 11 is 0. The number of piperidine rings is 1. The van der Waals surface area contributed by atoms with Crippen molar-refractivity contribution in [3.8, 4) is 0 Å². The van der Waals surface area contributed by atoms with E-state index in [1.807, 2.05) is 0 Å². The van der Waals surface area contributed by atoms with E-state index in [1.165, 1.54) is 0 Å². The summed E-state index contributed by atoms with van der Waals surface area (Å²) in [5, 5.41) is 3.16. The molecule has 2 aliphatic rings. The molecule has 17 heavy (non-hydrogen) atoms. The van der Waals surface area contributed by atoms with Gasteiger partial charge < -0.3 is 10.1 Å². The second-order valence-corrected chi connectivity index (χ2v) is 4.20. The normalized spacial score (nSPS) is 23.5. The van der Waals surface area contributed by atoms with Gasteiger partial charge in [-0.15, -0.1) is 0 Å². The number of hydrogen-bond donors (Lipinski definition) is 1. The maximum absolute atomic E-state index is 12.6. The Kier molecular flexibility index (Phi) is 3.71. The van der Waals surface area contributed by atoms with Crippen molar-refractivity contribution in [3.05, 3.63) is 11.8 Å². The van der Waals surface area contributed by atoms with E-state index in [0.29, 0.717) is 0 Å². The number of ether oxygens (including phenoxy) is 1. The molecular weight excluding hydrogens is 233 g/mol. The van der Waals surface area contributed by atoms with E-state index in [9.17, 15) is 13.2 Å². The molecule has 0 aromatic rings. The van der Waals surface area contributed by atoms with Crippen LogP contribution in [0.5, 0.6) is 0 Å². The van der Waals surface area contributed by atoms with E-state index in [0.717, 1.165) is 32.0 Å².